The second-order valence-electron chi connectivity index (χ2n) is 6.51. The van der Waals surface area contributed by atoms with Crippen LogP contribution in [0.25, 0.3) is 0 Å². The molecule has 3 rings (SSSR count). The number of amides is 3. The van der Waals surface area contributed by atoms with E-state index in [4.69, 9.17) is 0 Å². The number of nitrogens with zero attached hydrogens (tertiary/aromatic N) is 3. The van der Waals surface area contributed by atoms with Crippen LogP contribution in [0, 0.1) is 13.8 Å². The van der Waals surface area contributed by atoms with Crippen LogP contribution < -0.4 is 15.5 Å². The molecule has 8 heteroatoms. The van der Waals surface area contributed by atoms with Crippen LogP contribution in [0.5, 0.6) is 0 Å². The largest absolute Gasteiger partial charge is 0.344 e. The average Bonchev–Trinajstić information content (AvgIpc) is 3.08. The predicted octanol–water partition coefficient (Wildman–Crippen LogP) is 0.970. The van der Waals surface area contributed by atoms with Crippen molar-refractivity contribution < 1.29 is 14.4 Å². The van der Waals surface area contributed by atoms with Crippen molar-refractivity contribution in [2.75, 3.05) is 11.9 Å². The molecule has 1 atom stereocenters. The highest BCUT2D eigenvalue weighted by molar-refractivity contribution is 6.35. The van der Waals surface area contributed by atoms with Crippen molar-refractivity contribution in [1.82, 2.24) is 20.4 Å². The molecule has 0 radical (unpaired) electrons. The number of anilines is 1. The zero-order valence-electron chi connectivity index (χ0n) is 15.9. The van der Waals surface area contributed by atoms with Crippen molar-refractivity contribution in [3.8, 4) is 0 Å². The molecule has 0 spiro atoms. The summed E-state index contributed by atoms with van der Waals surface area (Å²) in [5, 5.41) is 9.54. The number of carbonyl (C=O) groups excluding carboxylic acids is 3. The van der Waals surface area contributed by atoms with Crippen LogP contribution in [0.1, 0.15) is 35.5 Å². The quantitative estimate of drug-likeness (QED) is 0.785. The lowest BCUT2D eigenvalue weighted by Gasteiger charge is -2.13. The van der Waals surface area contributed by atoms with Crippen molar-refractivity contribution in [3.05, 3.63) is 46.8 Å². The minimum absolute atomic E-state index is 0.207. The molecule has 3 amide bonds. The van der Waals surface area contributed by atoms with Crippen LogP contribution in [-0.2, 0) is 27.5 Å². The topological polar surface area (TPSA) is 96.3 Å². The van der Waals surface area contributed by atoms with Gasteiger partial charge in [-0.15, -0.1) is 0 Å². The summed E-state index contributed by atoms with van der Waals surface area (Å²) in [5.74, 6) is -1.89. The summed E-state index contributed by atoms with van der Waals surface area (Å²) < 4.78 is 1.85. The van der Waals surface area contributed by atoms with Gasteiger partial charge in [-0.25, -0.2) is 0 Å². The Hall–Kier alpha value is -3.16. The Morgan fingerprint density at radius 1 is 1.19 bits per heavy atom. The Labute approximate surface area is 157 Å². The fraction of sp³-hybridized carbons (Fsp3) is 0.368. The third-order valence-electron chi connectivity index (χ3n) is 4.92. The molecule has 0 bridgehead atoms. The van der Waals surface area contributed by atoms with Crippen LogP contribution in [-0.4, -0.2) is 34.5 Å². The van der Waals surface area contributed by atoms with E-state index in [-0.39, 0.29) is 12.5 Å². The molecule has 8 nitrogen and oxygen atoms in total. The first-order valence-electron chi connectivity index (χ1n) is 8.83. The molecule has 1 unspecified atom stereocenters. The number of aromatic nitrogens is 2. The second-order valence-corrected chi connectivity index (χ2v) is 6.51. The first-order chi connectivity index (χ1) is 12.8. The van der Waals surface area contributed by atoms with E-state index >= 15 is 0 Å². The highest BCUT2D eigenvalue weighted by atomic mass is 16.2. The van der Waals surface area contributed by atoms with Crippen molar-refractivity contribution in [1.29, 1.82) is 0 Å². The van der Waals surface area contributed by atoms with Gasteiger partial charge in [0, 0.05) is 42.6 Å². The fourth-order valence-corrected chi connectivity index (χ4v) is 3.37. The smallest absolute Gasteiger partial charge is 0.310 e. The van der Waals surface area contributed by atoms with E-state index in [1.165, 1.54) is 4.90 Å². The Bertz CT molecular complexity index is 918. The summed E-state index contributed by atoms with van der Waals surface area (Å²) >= 11 is 0. The van der Waals surface area contributed by atoms with Crippen LogP contribution >= 0.6 is 0 Å². The highest BCUT2D eigenvalue weighted by Gasteiger charge is 2.36. The number of aryl methyl sites for hydroxylation is 2. The Kier molecular flexibility index (Phi) is 4.98. The van der Waals surface area contributed by atoms with Crippen LogP contribution in [0.3, 0.4) is 0 Å². The molecule has 0 fully saturated rings. The second kappa shape index (κ2) is 7.22. The van der Waals surface area contributed by atoms with Crippen molar-refractivity contribution >= 4 is 23.4 Å². The number of likely N-dealkylation sites (N-methyl/N-ethyl adjacent to an activating group) is 1. The number of benzene rings is 1. The average molecular weight is 369 g/mol. The van der Waals surface area contributed by atoms with E-state index in [0.717, 1.165) is 29.2 Å². The number of rotatable bonds is 4. The third-order valence-corrected chi connectivity index (χ3v) is 4.92. The Balaban J connectivity index is 1.66. The van der Waals surface area contributed by atoms with Crippen LogP contribution in [0.15, 0.2) is 24.3 Å². The number of hydrogen-bond acceptors (Lipinski definition) is 4. The van der Waals surface area contributed by atoms with Gasteiger partial charge in [0.2, 0.25) is 0 Å². The third kappa shape index (κ3) is 3.30. The van der Waals surface area contributed by atoms with Gasteiger partial charge >= 0.3 is 11.8 Å². The van der Waals surface area contributed by atoms with Gasteiger partial charge in [-0.05, 0) is 26.8 Å². The number of para-hydroxylation sites is 1. The highest BCUT2D eigenvalue weighted by Crippen LogP contribution is 2.34. The van der Waals surface area contributed by atoms with E-state index in [1.54, 1.807) is 25.2 Å². The number of nitrogens with one attached hydrogen (secondary N) is 2. The maximum absolute atomic E-state index is 12.4. The summed E-state index contributed by atoms with van der Waals surface area (Å²) in [6.07, 6.45) is 0. The van der Waals surface area contributed by atoms with E-state index in [1.807, 2.05) is 31.5 Å². The van der Waals surface area contributed by atoms with Gasteiger partial charge in [0.05, 0.1) is 5.69 Å². The lowest BCUT2D eigenvalue weighted by atomic mass is 10.1. The normalized spacial score (nSPS) is 15.6. The van der Waals surface area contributed by atoms with E-state index in [9.17, 15) is 14.4 Å². The zero-order chi connectivity index (χ0) is 19.7. The maximum atomic E-state index is 12.4. The molecule has 2 aromatic rings. The van der Waals surface area contributed by atoms with E-state index in [0.29, 0.717) is 5.56 Å². The molecule has 1 aromatic carbocycles. The van der Waals surface area contributed by atoms with Crippen LogP contribution in [0.2, 0.25) is 0 Å². The van der Waals surface area contributed by atoms with E-state index < -0.39 is 17.9 Å². The van der Waals surface area contributed by atoms with Crippen molar-refractivity contribution in [2.24, 2.45) is 0 Å². The molecule has 2 heterocycles. The molecule has 0 aliphatic carbocycles. The fourth-order valence-electron chi connectivity index (χ4n) is 3.37. The molecular formula is C19H23N5O3. The summed E-state index contributed by atoms with van der Waals surface area (Å²) in [7, 11) is 1.64. The number of carbonyl (C=O) groups is 3. The number of hydrogen-bond donors (Lipinski definition) is 2. The maximum Gasteiger partial charge on any atom is 0.310 e. The molecule has 0 saturated heterocycles. The first-order valence-corrected chi connectivity index (χ1v) is 8.83. The molecule has 0 saturated carbocycles. The molecule has 142 valence electrons. The molecule has 2 N–H and O–H groups in total. The van der Waals surface area contributed by atoms with E-state index in [2.05, 4.69) is 15.7 Å². The van der Waals surface area contributed by atoms with Crippen LogP contribution in [0.4, 0.5) is 5.69 Å². The van der Waals surface area contributed by atoms with Gasteiger partial charge in [-0.3, -0.25) is 19.1 Å². The molecule has 27 heavy (non-hydrogen) atoms. The Morgan fingerprint density at radius 3 is 2.56 bits per heavy atom. The van der Waals surface area contributed by atoms with Gasteiger partial charge in [0.15, 0.2) is 0 Å². The van der Waals surface area contributed by atoms with Gasteiger partial charge in [-0.1, -0.05) is 18.2 Å². The van der Waals surface area contributed by atoms with Gasteiger partial charge in [-0.2, -0.15) is 5.10 Å². The van der Waals surface area contributed by atoms with Crippen molar-refractivity contribution in [2.45, 2.75) is 39.9 Å². The lowest BCUT2D eigenvalue weighted by Crippen LogP contribution is -2.44. The van der Waals surface area contributed by atoms with Gasteiger partial charge in [0.1, 0.15) is 6.04 Å². The molecule has 1 aliphatic heterocycles. The number of fused-ring (bicyclic) bond motifs is 1. The van der Waals surface area contributed by atoms with Crippen molar-refractivity contribution in [3.63, 3.8) is 0 Å². The predicted molar refractivity (Wildman–Crippen MR) is 100.0 cm³/mol. The standard InChI is InChI=1S/C19H23N5O3/c1-5-24-12(3)14(11(2)22-24)10-20-17(25)18(26)21-16-13-8-6-7-9-15(13)23(4)19(16)27/h6-9,16H,5,10H2,1-4H3,(H,20,25)(H,21,26). The summed E-state index contributed by atoms with van der Waals surface area (Å²) in [4.78, 5) is 38.4. The monoisotopic (exact) mass is 369 g/mol. The minimum Gasteiger partial charge on any atom is -0.344 e. The zero-order valence-corrected chi connectivity index (χ0v) is 15.9. The Morgan fingerprint density at radius 2 is 1.89 bits per heavy atom. The van der Waals surface area contributed by atoms with Gasteiger partial charge < -0.3 is 15.5 Å². The summed E-state index contributed by atoms with van der Waals surface area (Å²) in [6.45, 7) is 6.72. The summed E-state index contributed by atoms with van der Waals surface area (Å²) in [6, 6.07) is 6.33. The first kappa shape index (κ1) is 18.6. The summed E-state index contributed by atoms with van der Waals surface area (Å²) in [5.41, 5.74) is 4.07. The van der Waals surface area contributed by atoms with Gasteiger partial charge in [0.25, 0.3) is 5.91 Å². The molecule has 1 aliphatic rings. The molecular weight excluding hydrogens is 346 g/mol. The minimum atomic E-state index is -0.851. The lowest BCUT2D eigenvalue weighted by molar-refractivity contribution is -0.140. The molecule has 1 aromatic heterocycles. The SMILES string of the molecule is CCn1nc(C)c(CNC(=O)C(=O)NC2C(=O)N(C)c3ccccc32)c1C.